The molecule has 11 nitrogen and oxygen atoms in total. The molecule has 0 amide bonds. The highest BCUT2D eigenvalue weighted by Gasteiger charge is 2.17. The fraction of sp³-hybridized carbons (Fsp3) is 0.105. The molecule has 0 bridgehead atoms. The maximum Gasteiger partial charge on any atom is 0.342 e. The fourth-order valence-corrected chi connectivity index (χ4v) is 3.21. The van der Waals surface area contributed by atoms with Crippen molar-refractivity contribution in [2.24, 2.45) is 0 Å². The van der Waals surface area contributed by atoms with Crippen molar-refractivity contribution in [2.75, 3.05) is 14.2 Å². The molecule has 1 aromatic heterocycles. The number of aromatic nitrogens is 3. The fourth-order valence-electron chi connectivity index (χ4n) is 2.51. The number of aromatic amines is 1. The number of thioether (sulfide) groups is 1. The van der Waals surface area contributed by atoms with E-state index in [-0.39, 0.29) is 27.1 Å². The van der Waals surface area contributed by atoms with E-state index in [4.69, 9.17) is 9.47 Å². The zero-order valence-electron chi connectivity index (χ0n) is 16.2. The van der Waals surface area contributed by atoms with E-state index in [1.165, 1.54) is 14.2 Å². The second-order valence-corrected chi connectivity index (χ2v) is 6.99. The average Bonchev–Trinajstić information content (AvgIpc) is 3.22. The first-order valence-electron chi connectivity index (χ1n) is 8.56. The number of rotatable bonds is 8. The monoisotopic (exact) mass is 444 g/mol. The van der Waals surface area contributed by atoms with Gasteiger partial charge in [-0.25, -0.2) is 9.78 Å². The number of carbonyl (C=O) groups is 1. The molecule has 31 heavy (non-hydrogen) atoms. The van der Waals surface area contributed by atoms with Gasteiger partial charge in [0.05, 0.1) is 19.1 Å². The van der Waals surface area contributed by atoms with Gasteiger partial charge in [-0.15, -0.1) is 5.10 Å². The van der Waals surface area contributed by atoms with Gasteiger partial charge in [0, 0.05) is 29.3 Å². The van der Waals surface area contributed by atoms with Crippen LogP contribution >= 0.6 is 11.8 Å². The largest absolute Gasteiger partial charge is 0.507 e. The Labute approximate surface area is 179 Å². The summed E-state index contributed by atoms with van der Waals surface area (Å²) in [6.07, 6.45) is 1.11. The number of nitrogens with zero attached hydrogens (tertiary/aromatic N) is 3. The first kappa shape index (κ1) is 21.6. The third-order valence-corrected chi connectivity index (χ3v) is 4.89. The molecule has 0 radical (unpaired) electrons. The lowest BCUT2D eigenvalue weighted by Gasteiger charge is -2.06. The number of nitrogens with one attached hydrogen (secondary N) is 1. The number of methoxy groups -OCH3 is 2. The van der Waals surface area contributed by atoms with Crippen molar-refractivity contribution < 1.29 is 29.4 Å². The Kier molecular flexibility index (Phi) is 6.40. The van der Waals surface area contributed by atoms with E-state index >= 15 is 0 Å². The number of nitro groups is 1. The molecule has 0 fully saturated rings. The number of hydrogen-bond donors (Lipinski definition) is 3. The van der Waals surface area contributed by atoms with Crippen molar-refractivity contribution in [1.29, 1.82) is 0 Å². The van der Waals surface area contributed by atoms with Crippen molar-refractivity contribution in [2.45, 2.75) is 5.16 Å². The highest BCUT2D eigenvalue weighted by Crippen LogP contribution is 2.32. The van der Waals surface area contributed by atoms with Crippen LogP contribution in [-0.4, -0.2) is 50.5 Å². The lowest BCUT2D eigenvalue weighted by molar-refractivity contribution is -0.384. The number of hydrogen-bond acceptors (Lipinski definition) is 9. The number of carboxylic acids is 1. The van der Waals surface area contributed by atoms with Crippen LogP contribution in [0.2, 0.25) is 0 Å². The molecule has 0 aliphatic heterocycles. The molecule has 2 aromatic carbocycles. The highest BCUT2D eigenvalue weighted by molar-refractivity contribution is 8.04. The Morgan fingerprint density at radius 3 is 2.45 bits per heavy atom. The summed E-state index contributed by atoms with van der Waals surface area (Å²) < 4.78 is 10.4. The number of aromatic hydroxyl groups is 1. The van der Waals surface area contributed by atoms with E-state index < -0.39 is 10.9 Å². The van der Waals surface area contributed by atoms with Gasteiger partial charge in [0.15, 0.2) is 5.82 Å². The summed E-state index contributed by atoms with van der Waals surface area (Å²) in [6, 6.07) is 8.40. The number of H-pyrrole nitrogens is 1. The molecule has 1 heterocycles. The molecule has 0 spiro atoms. The minimum atomic E-state index is -1.31. The second-order valence-electron chi connectivity index (χ2n) is 5.98. The van der Waals surface area contributed by atoms with Crippen molar-refractivity contribution in [3.05, 3.63) is 57.0 Å². The Morgan fingerprint density at radius 2 is 1.87 bits per heavy atom. The zero-order valence-corrected chi connectivity index (χ0v) is 17.0. The molecular weight excluding hydrogens is 428 g/mol. The summed E-state index contributed by atoms with van der Waals surface area (Å²) in [7, 11) is 3.01. The van der Waals surface area contributed by atoms with Gasteiger partial charge in [0.25, 0.3) is 5.69 Å². The molecule has 3 aromatic rings. The first-order chi connectivity index (χ1) is 14.8. The molecule has 0 saturated carbocycles. The number of ether oxygens (including phenoxy) is 2. The number of carboxylic acid groups (broad SMARTS) is 1. The molecule has 3 rings (SSSR count). The van der Waals surface area contributed by atoms with E-state index in [2.05, 4.69) is 15.2 Å². The van der Waals surface area contributed by atoms with Gasteiger partial charge >= 0.3 is 5.97 Å². The SMILES string of the molecule is COc1cc(OC)cc(-c2nc(S/C(=C\c3cc([N+](=O)[O-])ccc3O)C(=O)O)n[nH]2)c1. The minimum Gasteiger partial charge on any atom is -0.507 e. The van der Waals surface area contributed by atoms with Gasteiger partial charge in [-0.1, -0.05) is 0 Å². The predicted molar refractivity (Wildman–Crippen MR) is 111 cm³/mol. The van der Waals surface area contributed by atoms with Gasteiger partial charge in [-0.2, -0.15) is 0 Å². The molecule has 12 heteroatoms. The van der Waals surface area contributed by atoms with E-state index in [0.717, 1.165) is 24.3 Å². The minimum absolute atomic E-state index is 0.0209. The van der Waals surface area contributed by atoms with Gasteiger partial charge in [-0.05, 0) is 36.0 Å². The van der Waals surface area contributed by atoms with Crippen molar-refractivity contribution in [3.63, 3.8) is 0 Å². The Hall–Kier alpha value is -4.06. The summed E-state index contributed by atoms with van der Waals surface area (Å²) in [5.41, 5.74) is 0.297. The Morgan fingerprint density at radius 1 is 1.19 bits per heavy atom. The van der Waals surface area contributed by atoms with E-state index in [1.807, 2.05) is 0 Å². The van der Waals surface area contributed by atoms with Crippen molar-refractivity contribution in [3.8, 4) is 28.6 Å². The number of aliphatic carboxylic acids is 1. The predicted octanol–water partition coefficient (Wildman–Crippen LogP) is 3.32. The van der Waals surface area contributed by atoms with Gasteiger partial charge in [0.1, 0.15) is 22.2 Å². The normalized spacial score (nSPS) is 11.2. The van der Waals surface area contributed by atoms with Crippen LogP contribution in [0.5, 0.6) is 17.2 Å². The molecule has 3 N–H and O–H groups in total. The van der Waals surface area contributed by atoms with Crippen LogP contribution in [-0.2, 0) is 4.79 Å². The van der Waals surface area contributed by atoms with Gasteiger partial charge in [0.2, 0.25) is 5.16 Å². The van der Waals surface area contributed by atoms with Crippen LogP contribution in [0.15, 0.2) is 46.5 Å². The van der Waals surface area contributed by atoms with Crippen LogP contribution < -0.4 is 9.47 Å². The van der Waals surface area contributed by atoms with E-state index in [0.29, 0.717) is 34.6 Å². The lowest BCUT2D eigenvalue weighted by atomic mass is 10.1. The first-order valence-corrected chi connectivity index (χ1v) is 9.38. The number of phenolic OH excluding ortho intramolecular Hbond substituents is 1. The molecule has 160 valence electrons. The summed E-state index contributed by atoms with van der Waals surface area (Å²) in [6.45, 7) is 0. The topological polar surface area (TPSA) is 161 Å². The standard InChI is InChI=1S/C19H16N4O7S/c1-29-13-6-11(7-14(9-13)30-2)17-20-19(22-21-17)31-16(18(25)26)8-10-5-12(23(27)28)3-4-15(10)24/h3-9,24H,1-2H3,(H,25,26)(H,20,21,22)/b16-8-. The lowest BCUT2D eigenvalue weighted by Crippen LogP contribution is -1.98. The van der Waals surface area contributed by atoms with E-state index in [9.17, 15) is 25.1 Å². The van der Waals surface area contributed by atoms with Crippen LogP contribution in [0.1, 0.15) is 5.56 Å². The van der Waals surface area contributed by atoms with Crippen LogP contribution in [0.4, 0.5) is 5.69 Å². The smallest absolute Gasteiger partial charge is 0.342 e. The molecule has 0 aliphatic rings. The second kappa shape index (κ2) is 9.17. The summed E-state index contributed by atoms with van der Waals surface area (Å²) >= 11 is 0.715. The summed E-state index contributed by atoms with van der Waals surface area (Å²) in [5.74, 6) is -0.198. The number of phenols is 1. The highest BCUT2D eigenvalue weighted by atomic mass is 32.2. The molecule has 0 aliphatic carbocycles. The quantitative estimate of drug-likeness (QED) is 0.203. The van der Waals surface area contributed by atoms with Crippen molar-refractivity contribution >= 4 is 29.5 Å². The zero-order chi connectivity index (χ0) is 22.5. The van der Waals surface area contributed by atoms with E-state index in [1.54, 1.807) is 18.2 Å². The number of benzene rings is 2. The average molecular weight is 444 g/mol. The van der Waals surface area contributed by atoms with Crippen LogP contribution in [0.3, 0.4) is 0 Å². The number of nitro benzene ring substituents is 1. The molecule has 0 saturated heterocycles. The van der Waals surface area contributed by atoms with Crippen LogP contribution in [0.25, 0.3) is 17.5 Å². The maximum absolute atomic E-state index is 11.7. The number of non-ortho nitro benzene ring substituents is 1. The molecular formula is C19H16N4O7S. The molecule has 0 atom stereocenters. The maximum atomic E-state index is 11.7. The van der Waals surface area contributed by atoms with Crippen LogP contribution in [0, 0.1) is 10.1 Å². The summed E-state index contributed by atoms with van der Waals surface area (Å²) in [5, 5.41) is 37.2. The Bertz CT molecular complexity index is 1150. The molecule has 0 unspecified atom stereocenters. The van der Waals surface area contributed by atoms with Gasteiger partial charge < -0.3 is 19.7 Å². The third kappa shape index (κ3) is 5.11. The van der Waals surface area contributed by atoms with Crippen molar-refractivity contribution in [1.82, 2.24) is 15.2 Å². The van der Waals surface area contributed by atoms with Gasteiger partial charge in [-0.3, -0.25) is 15.2 Å². The Balaban J connectivity index is 1.92. The summed E-state index contributed by atoms with van der Waals surface area (Å²) in [4.78, 5) is 26.0. The third-order valence-electron chi connectivity index (χ3n) is 4.01.